The molecule has 0 unspecified atom stereocenters. The van der Waals surface area contributed by atoms with Crippen molar-refractivity contribution in [3.8, 4) is 0 Å². The van der Waals surface area contributed by atoms with Gasteiger partial charge in [-0.2, -0.15) is 0 Å². The molecule has 1 aromatic heterocycles. The van der Waals surface area contributed by atoms with Gasteiger partial charge < -0.3 is 10.2 Å². The van der Waals surface area contributed by atoms with Crippen molar-refractivity contribution in [1.82, 2.24) is 25.2 Å². The second-order valence-electron chi connectivity index (χ2n) is 4.07. The number of hydrogen-bond donors (Lipinski definition) is 1. The molecule has 1 amide bonds. The van der Waals surface area contributed by atoms with Crippen LogP contribution in [0.3, 0.4) is 0 Å². The summed E-state index contributed by atoms with van der Waals surface area (Å²) in [6.45, 7) is 2.79. The molecule has 2 heterocycles. The van der Waals surface area contributed by atoms with Crippen molar-refractivity contribution in [2.75, 3.05) is 19.6 Å². The molecule has 2 rings (SSSR count). The van der Waals surface area contributed by atoms with Gasteiger partial charge in [0.05, 0.1) is 12.2 Å². The Morgan fingerprint density at radius 3 is 2.88 bits per heavy atom. The molecule has 0 spiro atoms. The monoisotopic (exact) mass is 223 g/mol. The minimum absolute atomic E-state index is 0.182. The van der Waals surface area contributed by atoms with E-state index in [1.54, 1.807) is 4.68 Å². The molecule has 0 atom stereocenters. The number of likely N-dealkylation sites (tertiary alicyclic amines) is 1. The van der Waals surface area contributed by atoms with Crippen LogP contribution in [0.25, 0.3) is 0 Å². The number of nitrogens with zero attached hydrogens (tertiary/aromatic N) is 4. The highest BCUT2D eigenvalue weighted by Gasteiger charge is 2.16. The lowest BCUT2D eigenvalue weighted by Gasteiger charge is -2.14. The van der Waals surface area contributed by atoms with Gasteiger partial charge in [0.25, 0.3) is 0 Å². The van der Waals surface area contributed by atoms with E-state index in [4.69, 9.17) is 0 Å². The van der Waals surface area contributed by atoms with Crippen molar-refractivity contribution in [1.29, 1.82) is 0 Å². The van der Waals surface area contributed by atoms with Crippen LogP contribution < -0.4 is 5.32 Å². The zero-order chi connectivity index (χ0) is 11.4. The SMILES string of the molecule is Cn1cc(CNCC(=O)N2CCCC2)nn1. The summed E-state index contributed by atoms with van der Waals surface area (Å²) in [4.78, 5) is 13.6. The third kappa shape index (κ3) is 2.79. The number of aromatic nitrogens is 3. The Bertz CT molecular complexity index is 356. The number of aryl methyl sites for hydroxylation is 1. The lowest BCUT2D eigenvalue weighted by molar-refractivity contribution is -0.129. The van der Waals surface area contributed by atoms with E-state index < -0.39 is 0 Å². The van der Waals surface area contributed by atoms with Gasteiger partial charge >= 0.3 is 0 Å². The van der Waals surface area contributed by atoms with Crippen LogP contribution in [0, 0.1) is 0 Å². The molecule has 1 aliphatic rings. The third-order valence-corrected chi connectivity index (χ3v) is 2.69. The molecule has 6 heteroatoms. The minimum atomic E-state index is 0.182. The van der Waals surface area contributed by atoms with Gasteiger partial charge in [-0.3, -0.25) is 9.48 Å². The van der Waals surface area contributed by atoms with Crippen LogP contribution in [0.15, 0.2) is 6.20 Å². The van der Waals surface area contributed by atoms with E-state index in [0.717, 1.165) is 31.6 Å². The van der Waals surface area contributed by atoms with Gasteiger partial charge in [0.15, 0.2) is 0 Å². The van der Waals surface area contributed by atoms with Gasteiger partial charge in [0.1, 0.15) is 0 Å². The maximum atomic E-state index is 11.7. The smallest absolute Gasteiger partial charge is 0.236 e. The largest absolute Gasteiger partial charge is 0.342 e. The molecule has 0 radical (unpaired) electrons. The first-order valence-corrected chi connectivity index (χ1v) is 5.59. The summed E-state index contributed by atoms with van der Waals surface area (Å²) < 4.78 is 1.65. The van der Waals surface area contributed by atoms with E-state index in [0.29, 0.717) is 13.1 Å². The molecule has 0 aromatic carbocycles. The average Bonchev–Trinajstić information content (AvgIpc) is 2.89. The maximum Gasteiger partial charge on any atom is 0.236 e. The van der Waals surface area contributed by atoms with Gasteiger partial charge in [0, 0.05) is 32.9 Å². The van der Waals surface area contributed by atoms with E-state index in [-0.39, 0.29) is 5.91 Å². The second-order valence-corrected chi connectivity index (χ2v) is 4.07. The Morgan fingerprint density at radius 1 is 1.50 bits per heavy atom. The van der Waals surface area contributed by atoms with Crippen molar-refractivity contribution in [2.45, 2.75) is 19.4 Å². The minimum Gasteiger partial charge on any atom is -0.342 e. The maximum absolute atomic E-state index is 11.7. The van der Waals surface area contributed by atoms with Gasteiger partial charge in [-0.25, -0.2) is 0 Å². The molecule has 1 N–H and O–H groups in total. The molecule has 6 nitrogen and oxygen atoms in total. The molecule has 1 saturated heterocycles. The molecule has 88 valence electrons. The van der Waals surface area contributed by atoms with E-state index in [2.05, 4.69) is 15.6 Å². The summed E-state index contributed by atoms with van der Waals surface area (Å²) in [5, 5.41) is 10.8. The van der Waals surface area contributed by atoms with Crippen LogP contribution in [0.5, 0.6) is 0 Å². The number of carbonyl (C=O) groups is 1. The summed E-state index contributed by atoms with van der Waals surface area (Å²) in [5.41, 5.74) is 0.858. The average molecular weight is 223 g/mol. The van der Waals surface area contributed by atoms with E-state index >= 15 is 0 Å². The summed E-state index contributed by atoms with van der Waals surface area (Å²) in [6.07, 6.45) is 4.11. The Balaban J connectivity index is 1.69. The lowest BCUT2D eigenvalue weighted by Crippen LogP contribution is -2.36. The standard InChI is InChI=1S/C10H17N5O/c1-14-8-9(12-13-14)6-11-7-10(16)15-4-2-3-5-15/h8,11H,2-7H2,1H3. The summed E-state index contributed by atoms with van der Waals surface area (Å²) in [7, 11) is 1.83. The first-order chi connectivity index (χ1) is 7.75. The third-order valence-electron chi connectivity index (χ3n) is 2.69. The fraction of sp³-hybridized carbons (Fsp3) is 0.700. The van der Waals surface area contributed by atoms with Crippen LogP contribution in [0.4, 0.5) is 0 Å². The highest BCUT2D eigenvalue weighted by atomic mass is 16.2. The topological polar surface area (TPSA) is 63.1 Å². The lowest BCUT2D eigenvalue weighted by atomic mass is 10.4. The Morgan fingerprint density at radius 2 is 2.25 bits per heavy atom. The number of rotatable bonds is 4. The molecule has 1 aromatic rings. The fourth-order valence-electron chi connectivity index (χ4n) is 1.85. The molecular weight excluding hydrogens is 206 g/mol. The van der Waals surface area contributed by atoms with Crippen molar-refractivity contribution < 1.29 is 4.79 Å². The van der Waals surface area contributed by atoms with Crippen molar-refractivity contribution in [2.24, 2.45) is 7.05 Å². The zero-order valence-electron chi connectivity index (χ0n) is 9.52. The van der Waals surface area contributed by atoms with Crippen molar-refractivity contribution in [3.63, 3.8) is 0 Å². The van der Waals surface area contributed by atoms with Crippen molar-refractivity contribution >= 4 is 5.91 Å². The highest BCUT2D eigenvalue weighted by molar-refractivity contribution is 5.78. The predicted octanol–water partition coefficient (Wildman–Crippen LogP) is -0.473. The highest BCUT2D eigenvalue weighted by Crippen LogP contribution is 2.06. The van der Waals surface area contributed by atoms with E-state index in [9.17, 15) is 4.79 Å². The van der Waals surface area contributed by atoms with Crippen LogP contribution in [0.1, 0.15) is 18.5 Å². The summed E-state index contributed by atoms with van der Waals surface area (Å²) >= 11 is 0. The molecular formula is C10H17N5O. The molecule has 16 heavy (non-hydrogen) atoms. The Labute approximate surface area is 94.6 Å². The van der Waals surface area contributed by atoms with Gasteiger partial charge in [-0.15, -0.1) is 5.10 Å². The zero-order valence-corrected chi connectivity index (χ0v) is 9.52. The second kappa shape index (κ2) is 5.07. The fourth-order valence-corrected chi connectivity index (χ4v) is 1.85. The summed E-state index contributed by atoms with van der Waals surface area (Å²) in [5.74, 6) is 0.182. The van der Waals surface area contributed by atoms with Crippen LogP contribution >= 0.6 is 0 Å². The first kappa shape index (κ1) is 11.1. The van der Waals surface area contributed by atoms with Gasteiger partial charge in [-0.1, -0.05) is 5.21 Å². The molecule has 1 fully saturated rings. The number of amides is 1. The van der Waals surface area contributed by atoms with E-state index in [1.165, 1.54) is 0 Å². The molecule has 0 saturated carbocycles. The summed E-state index contributed by atoms with van der Waals surface area (Å²) in [6, 6.07) is 0. The predicted molar refractivity (Wildman–Crippen MR) is 58.5 cm³/mol. The number of carbonyl (C=O) groups excluding carboxylic acids is 1. The molecule has 0 bridgehead atoms. The first-order valence-electron chi connectivity index (χ1n) is 5.59. The quantitative estimate of drug-likeness (QED) is 0.749. The molecule has 1 aliphatic heterocycles. The van der Waals surface area contributed by atoms with E-state index in [1.807, 2.05) is 18.1 Å². The van der Waals surface area contributed by atoms with Crippen LogP contribution in [-0.2, 0) is 18.4 Å². The van der Waals surface area contributed by atoms with Crippen LogP contribution in [0.2, 0.25) is 0 Å². The number of hydrogen-bond acceptors (Lipinski definition) is 4. The Kier molecular flexibility index (Phi) is 3.51. The normalized spacial score (nSPS) is 15.7. The number of nitrogens with one attached hydrogen (secondary N) is 1. The van der Waals surface area contributed by atoms with Crippen LogP contribution in [-0.4, -0.2) is 45.4 Å². The van der Waals surface area contributed by atoms with Gasteiger partial charge in [0.2, 0.25) is 5.91 Å². The van der Waals surface area contributed by atoms with Crippen molar-refractivity contribution in [3.05, 3.63) is 11.9 Å². The Hall–Kier alpha value is -1.43. The van der Waals surface area contributed by atoms with Gasteiger partial charge in [-0.05, 0) is 12.8 Å². The molecule has 0 aliphatic carbocycles.